The third-order valence-electron chi connectivity index (χ3n) is 2.94. The summed E-state index contributed by atoms with van der Waals surface area (Å²) in [4.78, 5) is 3.39. The predicted molar refractivity (Wildman–Crippen MR) is 58.2 cm³/mol. The van der Waals surface area contributed by atoms with E-state index in [9.17, 15) is 0 Å². The standard InChI is InChI=1S/C12H13NO2/c1-14-8-2-3-11-10(6-8)9-4-5-15-7-12(9)13-11/h2-3,6,13H,4-5,7H2,1H3. The van der Waals surface area contributed by atoms with E-state index < -0.39 is 0 Å². The molecule has 1 aliphatic heterocycles. The van der Waals surface area contributed by atoms with Gasteiger partial charge in [-0.15, -0.1) is 0 Å². The van der Waals surface area contributed by atoms with Crippen LogP contribution in [0.25, 0.3) is 10.9 Å². The molecule has 2 aromatic rings. The Morgan fingerprint density at radius 3 is 3.20 bits per heavy atom. The fraction of sp³-hybridized carbons (Fsp3) is 0.333. The molecule has 3 nitrogen and oxygen atoms in total. The lowest BCUT2D eigenvalue weighted by Gasteiger charge is -2.11. The number of hydrogen-bond donors (Lipinski definition) is 1. The van der Waals surface area contributed by atoms with Crippen LogP contribution in [0.2, 0.25) is 0 Å². The fourth-order valence-electron chi connectivity index (χ4n) is 2.17. The number of nitrogens with one attached hydrogen (secondary N) is 1. The first-order chi connectivity index (χ1) is 7.38. The molecule has 0 radical (unpaired) electrons. The van der Waals surface area contributed by atoms with Crippen LogP contribution in [0.15, 0.2) is 18.2 Å². The SMILES string of the molecule is COc1ccc2[nH]c3c(c2c1)CCOC3. The van der Waals surface area contributed by atoms with Crippen molar-refractivity contribution in [3.05, 3.63) is 29.5 Å². The Kier molecular flexibility index (Phi) is 1.92. The quantitative estimate of drug-likeness (QED) is 0.771. The Morgan fingerprint density at radius 2 is 2.33 bits per heavy atom. The molecule has 0 fully saturated rings. The van der Waals surface area contributed by atoms with Gasteiger partial charge in [-0.3, -0.25) is 0 Å². The van der Waals surface area contributed by atoms with Crippen molar-refractivity contribution in [2.45, 2.75) is 13.0 Å². The molecule has 1 aliphatic rings. The molecule has 1 aromatic heterocycles. The normalized spacial score (nSPS) is 15.3. The van der Waals surface area contributed by atoms with Gasteiger partial charge in [0.1, 0.15) is 5.75 Å². The lowest BCUT2D eigenvalue weighted by molar-refractivity contribution is 0.109. The first-order valence-electron chi connectivity index (χ1n) is 5.13. The number of ether oxygens (including phenoxy) is 2. The summed E-state index contributed by atoms with van der Waals surface area (Å²) in [7, 11) is 1.70. The molecule has 0 amide bonds. The molecule has 0 bridgehead atoms. The van der Waals surface area contributed by atoms with Crippen LogP contribution in [0, 0.1) is 0 Å². The van der Waals surface area contributed by atoms with E-state index in [4.69, 9.17) is 9.47 Å². The van der Waals surface area contributed by atoms with Crippen molar-refractivity contribution in [3.63, 3.8) is 0 Å². The van der Waals surface area contributed by atoms with Gasteiger partial charge in [-0.1, -0.05) is 0 Å². The van der Waals surface area contributed by atoms with E-state index in [1.807, 2.05) is 6.07 Å². The van der Waals surface area contributed by atoms with Gasteiger partial charge in [0.05, 0.1) is 20.3 Å². The van der Waals surface area contributed by atoms with Gasteiger partial charge in [0, 0.05) is 16.6 Å². The number of aromatic nitrogens is 1. The van der Waals surface area contributed by atoms with E-state index in [1.165, 1.54) is 22.2 Å². The summed E-state index contributed by atoms with van der Waals surface area (Å²) < 4.78 is 10.7. The zero-order valence-corrected chi connectivity index (χ0v) is 8.67. The first kappa shape index (κ1) is 8.80. The zero-order valence-electron chi connectivity index (χ0n) is 8.67. The summed E-state index contributed by atoms with van der Waals surface area (Å²) in [6, 6.07) is 6.13. The molecule has 3 heteroatoms. The van der Waals surface area contributed by atoms with Crippen LogP contribution >= 0.6 is 0 Å². The predicted octanol–water partition coefficient (Wildman–Crippen LogP) is 2.25. The lowest BCUT2D eigenvalue weighted by atomic mass is 10.1. The van der Waals surface area contributed by atoms with E-state index in [1.54, 1.807) is 7.11 Å². The molecule has 0 spiro atoms. The summed E-state index contributed by atoms with van der Waals surface area (Å²) in [5.74, 6) is 0.913. The highest BCUT2D eigenvalue weighted by Crippen LogP contribution is 2.29. The van der Waals surface area contributed by atoms with Gasteiger partial charge in [0.25, 0.3) is 0 Å². The van der Waals surface area contributed by atoms with Crippen LogP contribution in [0.3, 0.4) is 0 Å². The van der Waals surface area contributed by atoms with Gasteiger partial charge in [0.15, 0.2) is 0 Å². The summed E-state index contributed by atoms with van der Waals surface area (Å²) in [6.07, 6.45) is 0.989. The Bertz CT molecular complexity index is 502. The highest BCUT2D eigenvalue weighted by Gasteiger charge is 2.15. The number of aromatic amines is 1. The fourth-order valence-corrected chi connectivity index (χ4v) is 2.17. The van der Waals surface area contributed by atoms with Crippen LogP contribution in [0.5, 0.6) is 5.75 Å². The van der Waals surface area contributed by atoms with Crippen molar-refractivity contribution in [2.24, 2.45) is 0 Å². The molecular formula is C12H13NO2. The smallest absolute Gasteiger partial charge is 0.119 e. The molecule has 1 aromatic carbocycles. The minimum Gasteiger partial charge on any atom is -0.497 e. The van der Waals surface area contributed by atoms with E-state index in [0.29, 0.717) is 6.61 Å². The van der Waals surface area contributed by atoms with Crippen molar-refractivity contribution in [2.75, 3.05) is 13.7 Å². The maximum atomic E-state index is 5.42. The van der Waals surface area contributed by atoms with Crippen molar-refractivity contribution < 1.29 is 9.47 Å². The van der Waals surface area contributed by atoms with Crippen LogP contribution in [0.4, 0.5) is 0 Å². The molecule has 0 atom stereocenters. The molecule has 78 valence electrons. The molecule has 1 N–H and O–H groups in total. The molecule has 0 unspecified atom stereocenters. The molecule has 3 rings (SSSR count). The second kappa shape index (κ2) is 3.28. The monoisotopic (exact) mass is 203 g/mol. The minimum absolute atomic E-state index is 0.701. The molecule has 0 saturated carbocycles. The highest BCUT2D eigenvalue weighted by atomic mass is 16.5. The van der Waals surface area contributed by atoms with Crippen LogP contribution < -0.4 is 4.74 Å². The van der Waals surface area contributed by atoms with E-state index in [2.05, 4.69) is 17.1 Å². The van der Waals surface area contributed by atoms with Crippen molar-refractivity contribution in [1.82, 2.24) is 4.98 Å². The first-order valence-corrected chi connectivity index (χ1v) is 5.13. The summed E-state index contributed by atoms with van der Waals surface area (Å²) >= 11 is 0. The maximum Gasteiger partial charge on any atom is 0.119 e. The Hall–Kier alpha value is -1.48. The molecule has 2 heterocycles. The van der Waals surface area contributed by atoms with Gasteiger partial charge < -0.3 is 14.5 Å². The highest BCUT2D eigenvalue weighted by molar-refractivity contribution is 5.86. The Balaban J connectivity index is 2.24. The third-order valence-corrected chi connectivity index (χ3v) is 2.94. The van der Waals surface area contributed by atoms with Crippen LogP contribution in [-0.2, 0) is 17.8 Å². The van der Waals surface area contributed by atoms with E-state index in [-0.39, 0.29) is 0 Å². The van der Waals surface area contributed by atoms with Crippen molar-refractivity contribution in [3.8, 4) is 5.75 Å². The van der Waals surface area contributed by atoms with Crippen LogP contribution in [0.1, 0.15) is 11.3 Å². The van der Waals surface area contributed by atoms with Crippen molar-refractivity contribution in [1.29, 1.82) is 0 Å². The average Bonchev–Trinajstić information content (AvgIpc) is 2.66. The summed E-state index contributed by atoms with van der Waals surface area (Å²) in [5.41, 5.74) is 3.77. The Morgan fingerprint density at radius 1 is 1.40 bits per heavy atom. The van der Waals surface area contributed by atoms with Gasteiger partial charge in [0.2, 0.25) is 0 Å². The summed E-state index contributed by atoms with van der Waals surface area (Å²) in [5, 5.41) is 1.27. The lowest BCUT2D eigenvalue weighted by Crippen LogP contribution is -2.08. The molecular weight excluding hydrogens is 190 g/mol. The number of benzene rings is 1. The summed E-state index contributed by atoms with van der Waals surface area (Å²) in [6.45, 7) is 1.52. The average molecular weight is 203 g/mol. The van der Waals surface area contributed by atoms with E-state index in [0.717, 1.165) is 18.8 Å². The number of fused-ring (bicyclic) bond motifs is 3. The topological polar surface area (TPSA) is 34.2 Å². The molecule has 0 saturated heterocycles. The number of methoxy groups -OCH3 is 1. The second-order valence-electron chi connectivity index (χ2n) is 3.80. The third kappa shape index (κ3) is 1.31. The number of hydrogen-bond acceptors (Lipinski definition) is 2. The largest absolute Gasteiger partial charge is 0.497 e. The molecule has 15 heavy (non-hydrogen) atoms. The van der Waals surface area contributed by atoms with E-state index >= 15 is 0 Å². The maximum absolute atomic E-state index is 5.42. The van der Waals surface area contributed by atoms with Crippen LogP contribution in [-0.4, -0.2) is 18.7 Å². The van der Waals surface area contributed by atoms with Gasteiger partial charge >= 0.3 is 0 Å². The number of rotatable bonds is 1. The second-order valence-corrected chi connectivity index (χ2v) is 3.80. The van der Waals surface area contributed by atoms with Crippen molar-refractivity contribution >= 4 is 10.9 Å². The zero-order chi connectivity index (χ0) is 10.3. The Labute approximate surface area is 88.0 Å². The molecule has 0 aliphatic carbocycles. The number of H-pyrrole nitrogens is 1. The van der Waals surface area contributed by atoms with Gasteiger partial charge in [-0.25, -0.2) is 0 Å². The minimum atomic E-state index is 0.701. The van der Waals surface area contributed by atoms with Gasteiger partial charge in [-0.05, 0) is 30.2 Å². The van der Waals surface area contributed by atoms with Gasteiger partial charge in [-0.2, -0.15) is 0 Å².